The van der Waals surface area contributed by atoms with Gasteiger partial charge >= 0.3 is 0 Å². The number of pyridine rings is 2. The van der Waals surface area contributed by atoms with Crippen LogP contribution in [0.25, 0.3) is 21.9 Å². The number of carbonyl (C=O) groups excluding carboxylic acids is 1. The third-order valence-electron chi connectivity index (χ3n) is 6.42. The molecule has 0 aliphatic carbocycles. The van der Waals surface area contributed by atoms with Gasteiger partial charge in [0.2, 0.25) is 5.88 Å². The van der Waals surface area contributed by atoms with E-state index in [0.717, 1.165) is 46.1 Å². The van der Waals surface area contributed by atoms with Crippen molar-refractivity contribution in [2.24, 2.45) is 0 Å². The monoisotopic (exact) mass is 449 g/mol. The first-order chi connectivity index (χ1) is 16.0. The van der Waals surface area contributed by atoms with E-state index in [0.29, 0.717) is 38.5 Å². The van der Waals surface area contributed by atoms with Gasteiger partial charge in [-0.2, -0.15) is 0 Å². The second-order valence-corrected chi connectivity index (χ2v) is 8.72. The maximum Gasteiger partial charge on any atom is 0.222 e. The zero-order valence-corrected chi connectivity index (χ0v) is 18.5. The predicted molar refractivity (Wildman–Crippen MR) is 122 cm³/mol. The highest BCUT2D eigenvalue weighted by Gasteiger charge is 2.34. The van der Waals surface area contributed by atoms with Crippen LogP contribution < -0.4 is 4.74 Å². The molecule has 8 heteroatoms. The Bertz CT molecular complexity index is 1170. The summed E-state index contributed by atoms with van der Waals surface area (Å²) in [6, 6.07) is 9.32. The number of fused-ring (bicyclic) bond motifs is 1. The molecule has 0 amide bonds. The van der Waals surface area contributed by atoms with E-state index in [1.54, 1.807) is 23.2 Å². The number of hydrogen-bond donors (Lipinski definition) is 2. The average Bonchev–Trinajstić information content (AvgIpc) is 2.80. The van der Waals surface area contributed by atoms with Crippen LogP contribution in [0.3, 0.4) is 0 Å². The summed E-state index contributed by atoms with van der Waals surface area (Å²) in [6.07, 6.45) is 2.74. The minimum atomic E-state index is -1.12. The van der Waals surface area contributed by atoms with E-state index in [1.165, 1.54) is 0 Å². The van der Waals surface area contributed by atoms with Gasteiger partial charge in [-0.1, -0.05) is 0 Å². The predicted octanol–water partition coefficient (Wildman–Crippen LogP) is 2.79. The van der Waals surface area contributed by atoms with Crippen LogP contribution in [0.2, 0.25) is 0 Å². The maximum absolute atomic E-state index is 10.8. The van der Waals surface area contributed by atoms with Gasteiger partial charge in [-0.15, -0.1) is 0 Å². The topological polar surface area (TPSA) is 105 Å². The highest BCUT2D eigenvalue weighted by atomic mass is 16.5. The molecule has 2 aliphatic rings. The standard InChI is InChI=1S/C25H27N3O5/c1-15-10-17(4-7-26-15)23-20-3-2-18(30)11-21(20)25(27-24(23)16-5-8-32-9-6-16)33-19-12-28(13-19)22(31)14-29/h2-4,7,10-11,14,16,19,22,30-31H,5-6,8-9,12-13H2,1H3/t22-/m0/s1. The lowest BCUT2D eigenvalue weighted by atomic mass is 9.87. The largest absolute Gasteiger partial charge is 0.508 e. The molecule has 0 bridgehead atoms. The Kier molecular flexibility index (Phi) is 5.97. The molecule has 2 aromatic heterocycles. The van der Waals surface area contributed by atoms with Gasteiger partial charge in [0.25, 0.3) is 0 Å². The second kappa shape index (κ2) is 9.05. The Morgan fingerprint density at radius 2 is 1.97 bits per heavy atom. The van der Waals surface area contributed by atoms with Crippen molar-refractivity contribution in [1.82, 2.24) is 14.9 Å². The van der Waals surface area contributed by atoms with Gasteiger partial charge in [0.1, 0.15) is 11.9 Å². The smallest absolute Gasteiger partial charge is 0.222 e. The average molecular weight is 450 g/mol. The first-order valence-electron chi connectivity index (χ1n) is 11.2. The van der Waals surface area contributed by atoms with Crippen LogP contribution in [0, 0.1) is 6.92 Å². The van der Waals surface area contributed by atoms with Gasteiger partial charge in [0.15, 0.2) is 12.5 Å². The van der Waals surface area contributed by atoms with Crippen LogP contribution in [0.1, 0.15) is 30.1 Å². The number of aldehydes is 1. The number of phenols is 1. The SMILES string of the molecule is Cc1cc(-c2c(C3CCOCC3)nc(OC3CN([C@@H](O)C=O)C3)c3cc(O)ccc23)ccn1. The lowest BCUT2D eigenvalue weighted by molar-refractivity contribution is -0.135. The summed E-state index contributed by atoms with van der Waals surface area (Å²) >= 11 is 0. The second-order valence-electron chi connectivity index (χ2n) is 8.72. The maximum atomic E-state index is 10.8. The molecule has 2 aliphatic heterocycles. The summed E-state index contributed by atoms with van der Waals surface area (Å²) in [5.74, 6) is 0.816. The van der Waals surface area contributed by atoms with E-state index >= 15 is 0 Å². The number of aromatic nitrogens is 2. The van der Waals surface area contributed by atoms with Crippen molar-refractivity contribution in [3.8, 4) is 22.8 Å². The molecule has 0 saturated carbocycles. The van der Waals surface area contributed by atoms with E-state index in [4.69, 9.17) is 14.5 Å². The van der Waals surface area contributed by atoms with Crippen LogP contribution in [0.4, 0.5) is 0 Å². The minimum absolute atomic E-state index is 0.136. The van der Waals surface area contributed by atoms with Crippen molar-refractivity contribution in [3.05, 3.63) is 47.9 Å². The highest BCUT2D eigenvalue weighted by Crippen LogP contribution is 2.42. The summed E-state index contributed by atoms with van der Waals surface area (Å²) < 4.78 is 11.9. The van der Waals surface area contributed by atoms with Gasteiger partial charge in [0, 0.05) is 55.1 Å². The Morgan fingerprint density at radius 3 is 2.70 bits per heavy atom. The van der Waals surface area contributed by atoms with Crippen molar-refractivity contribution < 1.29 is 24.5 Å². The van der Waals surface area contributed by atoms with E-state index in [9.17, 15) is 15.0 Å². The van der Waals surface area contributed by atoms with Gasteiger partial charge in [-0.05, 0) is 61.0 Å². The number of aryl methyl sites for hydroxylation is 1. The molecule has 4 heterocycles. The molecular formula is C25H27N3O5. The molecule has 2 saturated heterocycles. The number of aliphatic hydroxyl groups is 1. The molecule has 33 heavy (non-hydrogen) atoms. The van der Waals surface area contributed by atoms with Crippen molar-refractivity contribution in [2.75, 3.05) is 26.3 Å². The van der Waals surface area contributed by atoms with Crippen LogP contribution in [0.5, 0.6) is 11.6 Å². The van der Waals surface area contributed by atoms with Crippen molar-refractivity contribution in [2.45, 2.75) is 38.0 Å². The van der Waals surface area contributed by atoms with E-state index in [2.05, 4.69) is 11.1 Å². The number of nitrogens with zero attached hydrogens (tertiary/aromatic N) is 3. The van der Waals surface area contributed by atoms with Crippen LogP contribution in [-0.4, -0.2) is 70.0 Å². The quantitative estimate of drug-likeness (QED) is 0.554. The number of ether oxygens (including phenoxy) is 2. The van der Waals surface area contributed by atoms with Crippen molar-refractivity contribution in [1.29, 1.82) is 0 Å². The summed E-state index contributed by atoms with van der Waals surface area (Å²) in [5, 5.41) is 21.6. The number of aliphatic hydroxyl groups excluding tert-OH is 1. The van der Waals surface area contributed by atoms with Gasteiger partial charge in [-0.3, -0.25) is 14.7 Å². The van der Waals surface area contributed by atoms with Crippen LogP contribution in [-0.2, 0) is 9.53 Å². The Balaban J connectivity index is 1.62. The highest BCUT2D eigenvalue weighted by molar-refractivity contribution is 6.01. The molecule has 3 aromatic rings. The lowest BCUT2D eigenvalue weighted by Gasteiger charge is -2.40. The fourth-order valence-corrected chi connectivity index (χ4v) is 4.66. The number of benzene rings is 1. The first kappa shape index (κ1) is 21.8. The van der Waals surface area contributed by atoms with Crippen molar-refractivity contribution >= 4 is 17.1 Å². The molecule has 2 fully saturated rings. The molecule has 0 spiro atoms. The number of aromatic hydroxyl groups is 1. The molecule has 0 unspecified atom stereocenters. The Labute approximate surface area is 191 Å². The fraction of sp³-hybridized carbons (Fsp3) is 0.400. The number of phenolic OH excluding ortho intramolecular Hbond substituents is 1. The van der Waals surface area contributed by atoms with Gasteiger partial charge < -0.3 is 19.7 Å². The summed E-state index contributed by atoms with van der Waals surface area (Å²) in [6.45, 7) is 4.20. The summed E-state index contributed by atoms with van der Waals surface area (Å²) in [4.78, 5) is 21.8. The summed E-state index contributed by atoms with van der Waals surface area (Å²) in [5.41, 5.74) is 3.94. The van der Waals surface area contributed by atoms with E-state index in [-0.39, 0.29) is 17.8 Å². The molecule has 1 atom stereocenters. The number of hydrogen-bond acceptors (Lipinski definition) is 8. The van der Waals surface area contributed by atoms with Crippen LogP contribution >= 0.6 is 0 Å². The van der Waals surface area contributed by atoms with E-state index < -0.39 is 6.23 Å². The molecule has 172 valence electrons. The minimum Gasteiger partial charge on any atom is -0.508 e. The molecule has 5 rings (SSSR count). The zero-order valence-electron chi connectivity index (χ0n) is 18.5. The third kappa shape index (κ3) is 4.29. The third-order valence-corrected chi connectivity index (χ3v) is 6.42. The fourth-order valence-electron chi connectivity index (χ4n) is 4.66. The molecule has 1 aromatic carbocycles. The summed E-state index contributed by atoms with van der Waals surface area (Å²) in [7, 11) is 0. The van der Waals surface area contributed by atoms with Crippen molar-refractivity contribution in [3.63, 3.8) is 0 Å². The number of rotatable bonds is 6. The van der Waals surface area contributed by atoms with E-state index in [1.807, 2.05) is 19.1 Å². The number of likely N-dealkylation sites (tertiary alicyclic amines) is 1. The van der Waals surface area contributed by atoms with Gasteiger partial charge in [-0.25, -0.2) is 4.98 Å². The zero-order chi connectivity index (χ0) is 22.9. The molecule has 2 N–H and O–H groups in total. The number of carbonyl (C=O) groups is 1. The van der Waals surface area contributed by atoms with Crippen LogP contribution in [0.15, 0.2) is 36.5 Å². The molecule has 0 radical (unpaired) electrons. The molecule has 8 nitrogen and oxygen atoms in total. The van der Waals surface area contributed by atoms with Gasteiger partial charge in [0.05, 0.1) is 5.69 Å². The Hall–Kier alpha value is -3.07. The normalized spacial score (nSPS) is 18.7. The lowest BCUT2D eigenvalue weighted by Crippen LogP contribution is -2.58. The Morgan fingerprint density at radius 1 is 1.18 bits per heavy atom. The first-order valence-corrected chi connectivity index (χ1v) is 11.2. The molecular weight excluding hydrogens is 422 g/mol.